The van der Waals surface area contributed by atoms with Crippen LogP contribution in [-0.2, 0) is 17.8 Å². The second kappa shape index (κ2) is 6.58. The highest BCUT2D eigenvalue weighted by atomic mass is 16.5. The Morgan fingerprint density at radius 3 is 2.81 bits per heavy atom. The summed E-state index contributed by atoms with van der Waals surface area (Å²) < 4.78 is 7.48. The lowest BCUT2D eigenvalue weighted by Gasteiger charge is -2.27. The van der Waals surface area contributed by atoms with E-state index in [1.807, 2.05) is 18.7 Å². The lowest BCUT2D eigenvalue weighted by atomic mass is 10.3. The third kappa shape index (κ3) is 3.33. The van der Waals surface area contributed by atoms with E-state index in [9.17, 15) is 0 Å². The number of anilines is 2. The largest absolute Gasteiger partial charge is 0.378 e. The van der Waals surface area contributed by atoms with Gasteiger partial charge in [-0.1, -0.05) is 0 Å². The molecule has 0 atom stereocenters. The molecular formula is C15H21N5O. The number of hydrogen-bond donors (Lipinski definition) is 1. The maximum absolute atomic E-state index is 5.36. The van der Waals surface area contributed by atoms with Gasteiger partial charge in [-0.3, -0.25) is 0 Å². The normalized spacial score (nSPS) is 15.2. The number of nitrogens with one attached hydrogen (secondary N) is 1. The van der Waals surface area contributed by atoms with E-state index in [4.69, 9.17) is 4.74 Å². The molecule has 2 aromatic heterocycles. The van der Waals surface area contributed by atoms with Crippen LogP contribution in [0.15, 0.2) is 30.9 Å². The Morgan fingerprint density at radius 1 is 1.24 bits per heavy atom. The first kappa shape index (κ1) is 13.9. The van der Waals surface area contributed by atoms with E-state index in [-0.39, 0.29) is 0 Å². The molecular weight excluding hydrogens is 266 g/mol. The van der Waals surface area contributed by atoms with Crippen molar-refractivity contribution in [2.45, 2.75) is 20.0 Å². The fourth-order valence-corrected chi connectivity index (χ4v) is 2.44. The van der Waals surface area contributed by atoms with E-state index in [0.29, 0.717) is 0 Å². The zero-order valence-corrected chi connectivity index (χ0v) is 12.3. The Kier molecular flexibility index (Phi) is 4.35. The van der Waals surface area contributed by atoms with Crippen molar-refractivity contribution in [2.75, 3.05) is 36.5 Å². The molecule has 0 aromatic carbocycles. The summed E-state index contributed by atoms with van der Waals surface area (Å²) in [6.07, 6.45) is 5.64. The van der Waals surface area contributed by atoms with E-state index < -0.39 is 0 Å². The molecule has 3 rings (SSSR count). The lowest BCUT2D eigenvalue weighted by molar-refractivity contribution is 0.122. The molecule has 0 spiro atoms. The number of pyridine rings is 1. The van der Waals surface area contributed by atoms with Crippen molar-refractivity contribution in [1.82, 2.24) is 14.5 Å². The Morgan fingerprint density at radius 2 is 2.10 bits per heavy atom. The summed E-state index contributed by atoms with van der Waals surface area (Å²) in [6, 6.07) is 4.13. The fraction of sp³-hybridized carbons (Fsp3) is 0.467. The quantitative estimate of drug-likeness (QED) is 0.908. The van der Waals surface area contributed by atoms with Gasteiger partial charge in [-0.15, -0.1) is 0 Å². The summed E-state index contributed by atoms with van der Waals surface area (Å²) in [5.74, 6) is 1.02. The topological polar surface area (TPSA) is 55.2 Å². The van der Waals surface area contributed by atoms with Crippen LogP contribution >= 0.6 is 0 Å². The van der Waals surface area contributed by atoms with Gasteiger partial charge in [-0.05, 0) is 19.1 Å². The molecule has 1 aliphatic rings. The minimum atomic E-state index is 0.756. The van der Waals surface area contributed by atoms with Gasteiger partial charge in [0.1, 0.15) is 5.82 Å². The molecule has 0 aliphatic carbocycles. The fourth-order valence-electron chi connectivity index (χ4n) is 2.44. The monoisotopic (exact) mass is 287 g/mol. The Hall–Kier alpha value is -2.08. The molecule has 2 aromatic rings. The molecule has 21 heavy (non-hydrogen) atoms. The van der Waals surface area contributed by atoms with Gasteiger partial charge in [-0.2, -0.15) is 0 Å². The molecule has 3 heterocycles. The summed E-state index contributed by atoms with van der Waals surface area (Å²) in [5.41, 5.74) is 2.20. The minimum Gasteiger partial charge on any atom is -0.378 e. The number of ether oxygens (including phenoxy) is 1. The molecule has 1 saturated heterocycles. The van der Waals surface area contributed by atoms with E-state index in [2.05, 4.69) is 43.8 Å². The summed E-state index contributed by atoms with van der Waals surface area (Å²) in [6.45, 7) is 7.19. The van der Waals surface area contributed by atoms with E-state index >= 15 is 0 Å². The third-order valence-corrected chi connectivity index (χ3v) is 3.70. The highest BCUT2D eigenvalue weighted by Crippen LogP contribution is 2.16. The third-order valence-electron chi connectivity index (χ3n) is 3.70. The van der Waals surface area contributed by atoms with Crippen LogP contribution in [0.25, 0.3) is 0 Å². The SMILES string of the molecule is CCn1cncc1CNc1ccc(N2CCOCC2)nc1. The molecule has 0 unspecified atom stereocenters. The van der Waals surface area contributed by atoms with Crippen molar-refractivity contribution in [3.05, 3.63) is 36.5 Å². The molecule has 0 saturated carbocycles. The second-order valence-electron chi connectivity index (χ2n) is 5.03. The van der Waals surface area contributed by atoms with Crippen LogP contribution in [0.1, 0.15) is 12.6 Å². The summed E-state index contributed by atoms with van der Waals surface area (Å²) in [4.78, 5) is 10.9. The van der Waals surface area contributed by atoms with Crippen molar-refractivity contribution in [3.8, 4) is 0 Å². The van der Waals surface area contributed by atoms with E-state index in [1.54, 1.807) is 0 Å². The second-order valence-corrected chi connectivity index (χ2v) is 5.03. The molecule has 0 radical (unpaired) electrons. The average Bonchev–Trinajstić information content (AvgIpc) is 3.02. The maximum Gasteiger partial charge on any atom is 0.128 e. The van der Waals surface area contributed by atoms with Crippen LogP contribution in [0.5, 0.6) is 0 Å². The van der Waals surface area contributed by atoms with Gasteiger partial charge < -0.3 is 19.5 Å². The number of morpholine rings is 1. The van der Waals surface area contributed by atoms with Gasteiger partial charge in [0, 0.05) is 25.8 Å². The van der Waals surface area contributed by atoms with Crippen LogP contribution in [-0.4, -0.2) is 40.8 Å². The first-order chi connectivity index (χ1) is 10.4. The van der Waals surface area contributed by atoms with Crippen molar-refractivity contribution < 1.29 is 4.74 Å². The first-order valence-electron chi connectivity index (χ1n) is 7.38. The Balaban J connectivity index is 1.59. The predicted molar refractivity (Wildman–Crippen MR) is 82.5 cm³/mol. The van der Waals surface area contributed by atoms with Gasteiger partial charge in [0.25, 0.3) is 0 Å². The number of hydrogen-bond acceptors (Lipinski definition) is 5. The van der Waals surface area contributed by atoms with Crippen molar-refractivity contribution in [2.24, 2.45) is 0 Å². The van der Waals surface area contributed by atoms with Crippen LogP contribution in [0.2, 0.25) is 0 Å². The van der Waals surface area contributed by atoms with Gasteiger partial charge in [0.05, 0.1) is 43.7 Å². The molecule has 1 aliphatic heterocycles. The summed E-state index contributed by atoms with van der Waals surface area (Å²) >= 11 is 0. The molecule has 0 bridgehead atoms. The van der Waals surface area contributed by atoms with E-state index in [1.165, 1.54) is 5.69 Å². The number of aryl methyl sites for hydroxylation is 1. The zero-order chi connectivity index (χ0) is 14.5. The van der Waals surface area contributed by atoms with Crippen LogP contribution in [0, 0.1) is 0 Å². The van der Waals surface area contributed by atoms with Gasteiger partial charge in [0.15, 0.2) is 0 Å². The van der Waals surface area contributed by atoms with Crippen LogP contribution < -0.4 is 10.2 Å². The number of aromatic nitrogens is 3. The highest BCUT2D eigenvalue weighted by molar-refractivity contribution is 5.48. The molecule has 0 amide bonds. The Bertz CT molecular complexity index is 560. The number of rotatable bonds is 5. The minimum absolute atomic E-state index is 0.756. The highest BCUT2D eigenvalue weighted by Gasteiger charge is 2.11. The van der Waals surface area contributed by atoms with Crippen molar-refractivity contribution >= 4 is 11.5 Å². The number of nitrogens with zero attached hydrogens (tertiary/aromatic N) is 4. The maximum atomic E-state index is 5.36. The smallest absolute Gasteiger partial charge is 0.128 e. The molecule has 6 heteroatoms. The predicted octanol–water partition coefficient (Wildman–Crippen LogP) is 1.75. The molecule has 6 nitrogen and oxygen atoms in total. The molecule has 1 fully saturated rings. The van der Waals surface area contributed by atoms with Crippen molar-refractivity contribution in [1.29, 1.82) is 0 Å². The van der Waals surface area contributed by atoms with Crippen molar-refractivity contribution in [3.63, 3.8) is 0 Å². The number of imidazole rings is 1. The van der Waals surface area contributed by atoms with Crippen LogP contribution in [0.4, 0.5) is 11.5 Å². The van der Waals surface area contributed by atoms with Gasteiger partial charge >= 0.3 is 0 Å². The molecule has 112 valence electrons. The Labute approximate surface area is 124 Å². The van der Waals surface area contributed by atoms with Gasteiger partial charge in [0.2, 0.25) is 0 Å². The van der Waals surface area contributed by atoms with E-state index in [0.717, 1.165) is 50.9 Å². The molecule has 1 N–H and O–H groups in total. The van der Waals surface area contributed by atoms with Gasteiger partial charge in [-0.25, -0.2) is 9.97 Å². The zero-order valence-electron chi connectivity index (χ0n) is 12.3. The average molecular weight is 287 g/mol. The van der Waals surface area contributed by atoms with Crippen LogP contribution in [0.3, 0.4) is 0 Å². The lowest BCUT2D eigenvalue weighted by Crippen LogP contribution is -2.36. The summed E-state index contributed by atoms with van der Waals surface area (Å²) in [7, 11) is 0. The summed E-state index contributed by atoms with van der Waals surface area (Å²) in [5, 5.41) is 3.39. The standard InChI is InChI=1S/C15H21N5O/c1-2-19-12-16-10-14(19)11-17-13-3-4-15(18-9-13)20-5-7-21-8-6-20/h3-4,9-10,12,17H,2,5-8,11H2,1H3. The first-order valence-corrected chi connectivity index (χ1v) is 7.38.